The molecule has 7 nitrogen and oxygen atoms in total. The van der Waals surface area contributed by atoms with E-state index in [4.69, 9.17) is 21.1 Å². The van der Waals surface area contributed by atoms with E-state index in [0.717, 1.165) is 6.42 Å². The molecule has 0 saturated heterocycles. The molecule has 2 amide bonds. The molecule has 2 rings (SSSR count). The van der Waals surface area contributed by atoms with Crippen LogP contribution in [0.15, 0.2) is 47.6 Å². The molecular formula is C20H22ClN3O4. The fraction of sp³-hybridized carbons (Fsp3) is 0.250. The fourth-order valence-corrected chi connectivity index (χ4v) is 2.35. The second kappa shape index (κ2) is 10.9. The quantitative estimate of drug-likeness (QED) is 0.400. The lowest BCUT2D eigenvalue weighted by Crippen LogP contribution is -2.32. The first-order valence-electron chi connectivity index (χ1n) is 8.83. The number of ether oxygens (including phenoxy) is 2. The van der Waals surface area contributed by atoms with E-state index in [2.05, 4.69) is 15.8 Å². The fourth-order valence-electron chi connectivity index (χ4n) is 2.16. The van der Waals surface area contributed by atoms with Gasteiger partial charge in [0.2, 0.25) is 0 Å². The Morgan fingerprint density at radius 3 is 2.57 bits per heavy atom. The number of benzene rings is 2. The third-order valence-electron chi connectivity index (χ3n) is 3.44. The number of nitrogens with one attached hydrogen (secondary N) is 2. The van der Waals surface area contributed by atoms with Gasteiger partial charge in [-0.1, -0.05) is 30.7 Å². The molecule has 28 heavy (non-hydrogen) atoms. The lowest BCUT2D eigenvalue weighted by atomic mass is 10.2. The number of halogens is 1. The molecule has 0 bridgehead atoms. The third kappa shape index (κ3) is 6.28. The number of rotatable bonds is 8. The van der Waals surface area contributed by atoms with Gasteiger partial charge in [0.05, 0.1) is 30.1 Å². The standard InChI is InChI=1S/C20H22ClN3O4/c1-3-11-28-17-10-9-14(12-18(17)27-4-2)13-22-24-20(26)19(25)23-16-8-6-5-7-15(16)21/h5-10,12-13H,3-4,11H2,1-2H3,(H,23,25)(H,24,26)/b22-13+. The van der Waals surface area contributed by atoms with E-state index in [1.807, 2.05) is 13.8 Å². The van der Waals surface area contributed by atoms with Crippen molar-refractivity contribution in [3.63, 3.8) is 0 Å². The van der Waals surface area contributed by atoms with E-state index in [9.17, 15) is 9.59 Å². The van der Waals surface area contributed by atoms with Gasteiger partial charge in [0.1, 0.15) is 0 Å². The van der Waals surface area contributed by atoms with Crippen LogP contribution in [0, 0.1) is 0 Å². The van der Waals surface area contributed by atoms with Gasteiger partial charge in [0.25, 0.3) is 0 Å². The Morgan fingerprint density at radius 2 is 1.86 bits per heavy atom. The van der Waals surface area contributed by atoms with Gasteiger partial charge < -0.3 is 14.8 Å². The minimum Gasteiger partial charge on any atom is -0.490 e. The van der Waals surface area contributed by atoms with E-state index in [1.54, 1.807) is 42.5 Å². The molecule has 0 aliphatic heterocycles. The number of nitrogens with zero attached hydrogens (tertiary/aromatic N) is 1. The summed E-state index contributed by atoms with van der Waals surface area (Å²) in [6.07, 6.45) is 2.30. The largest absolute Gasteiger partial charge is 0.490 e. The molecule has 8 heteroatoms. The van der Waals surface area contributed by atoms with Gasteiger partial charge >= 0.3 is 11.8 Å². The number of anilines is 1. The Labute approximate surface area is 168 Å². The maximum atomic E-state index is 11.9. The maximum Gasteiger partial charge on any atom is 0.329 e. The van der Waals surface area contributed by atoms with Crippen molar-refractivity contribution in [3.05, 3.63) is 53.1 Å². The highest BCUT2D eigenvalue weighted by atomic mass is 35.5. The van der Waals surface area contributed by atoms with Crippen LogP contribution in [-0.4, -0.2) is 31.2 Å². The van der Waals surface area contributed by atoms with Gasteiger partial charge in [0.15, 0.2) is 11.5 Å². The molecule has 0 aromatic heterocycles. The highest BCUT2D eigenvalue weighted by Gasteiger charge is 2.14. The Morgan fingerprint density at radius 1 is 1.07 bits per heavy atom. The number of carbonyl (C=O) groups is 2. The molecule has 0 aliphatic carbocycles. The monoisotopic (exact) mass is 403 g/mol. The summed E-state index contributed by atoms with van der Waals surface area (Å²) in [5, 5.41) is 6.56. The average Bonchev–Trinajstić information content (AvgIpc) is 2.69. The van der Waals surface area contributed by atoms with E-state index in [1.165, 1.54) is 6.21 Å². The summed E-state index contributed by atoms with van der Waals surface area (Å²) in [7, 11) is 0. The van der Waals surface area contributed by atoms with Crippen molar-refractivity contribution in [2.24, 2.45) is 5.10 Å². The van der Waals surface area contributed by atoms with Crippen molar-refractivity contribution in [3.8, 4) is 11.5 Å². The van der Waals surface area contributed by atoms with Crippen LogP contribution in [0.4, 0.5) is 5.69 Å². The zero-order valence-electron chi connectivity index (χ0n) is 15.7. The van der Waals surface area contributed by atoms with E-state index < -0.39 is 11.8 Å². The van der Waals surface area contributed by atoms with Gasteiger partial charge in [0, 0.05) is 0 Å². The number of para-hydroxylation sites is 1. The minimum absolute atomic E-state index is 0.334. The predicted octanol–water partition coefficient (Wildman–Crippen LogP) is 3.62. The van der Waals surface area contributed by atoms with E-state index >= 15 is 0 Å². The average molecular weight is 404 g/mol. The Kier molecular flexibility index (Phi) is 8.30. The molecule has 0 saturated carbocycles. The molecule has 148 valence electrons. The van der Waals surface area contributed by atoms with Gasteiger partial charge in [-0.05, 0) is 49.2 Å². The van der Waals surface area contributed by atoms with Crippen LogP contribution in [0.5, 0.6) is 11.5 Å². The maximum absolute atomic E-state index is 11.9. The van der Waals surface area contributed by atoms with Crippen molar-refractivity contribution in [2.75, 3.05) is 18.5 Å². The summed E-state index contributed by atoms with van der Waals surface area (Å²) in [6.45, 7) is 4.97. The van der Waals surface area contributed by atoms with Crippen LogP contribution in [0.1, 0.15) is 25.8 Å². The van der Waals surface area contributed by atoms with Crippen LogP contribution < -0.4 is 20.2 Å². The van der Waals surface area contributed by atoms with Gasteiger partial charge in [-0.2, -0.15) is 5.10 Å². The smallest absolute Gasteiger partial charge is 0.329 e. The van der Waals surface area contributed by atoms with Crippen LogP contribution in [0.25, 0.3) is 0 Å². The van der Waals surface area contributed by atoms with Crippen molar-refractivity contribution < 1.29 is 19.1 Å². The van der Waals surface area contributed by atoms with Crippen molar-refractivity contribution >= 4 is 35.3 Å². The second-order valence-corrected chi connectivity index (χ2v) is 6.03. The van der Waals surface area contributed by atoms with Crippen molar-refractivity contribution in [1.29, 1.82) is 0 Å². The molecule has 2 aromatic carbocycles. The third-order valence-corrected chi connectivity index (χ3v) is 3.77. The number of hydrazone groups is 1. The van der Waals surface area contributed by atoms with Crippen LogP contribution in [0.3, 0.4) is 0 Å². The van der Waals surface area contributed by atoms with Crippen molar-refractivity contribution in [2.45, 2.75) is 20.3 Å². The first-order valence-corrected chi connectivity index (χ1v) is 9.21. The summed E-state index contributed by atoms with van der Waals surface area (Å²) >= 11 is 5.94. The summed E-state index contributed by atoms with van der Waals surface area (Å²) < 4.78 is 11.2. The molecule has 0 aliphatic rings. The lowest BCUT2D eigenvalue weighted by molar-refractivity contribution is -0.136. The topological polar surface area (TPSA) is 89.0 Å². The van der Waals surface area contributed by atoms with E-state index in [-0.39, 0.29) is 0 Å². The summed E-state index contributed by atoms with van der Waals surface area (Å²) in [6, 6.07) is 11.9. The summed E-state index contributed by atoms with van der Waals surface area (Å²) in [5.41, 5.74) is 3.20. The molecule has 2 aromatic rings. The molecule has 0 fully saturated rings. The van der Waals surface area contributed by atoms with Gasteiger partial charge in [-0.25, -0.2) is 5.43 Å². The van der Waals surface area contributed by atoms with Gasteiger partial charge in [-0.3, -0.25) is 9.59 Å². The van der Waals surface area contributed by atoms with Crippen molar-refractivity contribution in [1.82, 2.24) is 5.43 Å². The molecule has 2 N–H and O–H groups in total. The molecular weight excluding hydrogens is 382 g/mol. The second-order valence-electron chi connectivity index (χ2n) is 5.62. The minimum atomic E-state index is -0.913. The Balaban J connectivity index is 1.97. The molecule has 0 atom stereocenters. The molecule has 0 heterocycles. The zero-order chi connectivity index (χ0) is 20.4. The SMILES string of the molecule is CCCOc1ccc(/C=N/NC(=O)C(=O)Nc2ccccc2Cl)cc1OCC. The number of hydrogen-bond donors (Lipinski definition) is 2. The van der Waals surface area contributed by atoms with Gasteiger partial charge in [-0.15, -0.1) is 0 Å². The zero-order valence-corrected chi connectivity index (χ0v) is 16.5. The Hall–Kier alpha value is -3.06. The normalized spacial score (nSPS) is 10.5. The first-order chi connectivity index (χ1) is 13.5. The van der Waals surface area contributed by atoms with Crippen LogP contribution >= 0.6 is 11.6 Å². The number of carbonyl (C=O) groups excluding carboxylic acids is 2. The first kappa shape index (κ1) is 21.2. The number of amides is 2. The highest BCUT2D eigenvalue weighted by molar-refractivity contribution is 6.41. The van der Waals surface area contributed by atoms with Crippen LogP contribution in [-0.2, 0) is 9.59 Å². The number of hydrogen-bond acceptors (Lipinski definition) is 5. The van der Waals surface area contributed by atoms with E-state index in [0.29, 0.717) is 41.0 Å². The Bertz CT molecular complexity index is 855. The summed E-state index contributed by atoms with van der Waals surface area (Å²) in [5.74, 6) is -0.556. The predicted molar refractivity (Wildman–Crippen MR) is 109 cm³/mol. The molecule has 0 unspecified atom stereocenters. The highest BCUT2D eigenvalue weighted by Crippen LogP contribution is 2.28. The summed E-state index contributed by atoms with van der Waals surface area (Å²) in [4.78, 5) is 23.8. The molecule has 0 radical (unpaired) electrons. The lowest BCUT2D eigenvalue weighted by Gasteiger charge is -2.11. The molecule has 0 spiro atoms. The van der Waals surface area contributed by atoms with Crippen LogP contribution in [0.2, 0.25) is 5.02 Å².